The second kappa shape index (κ2) is 25.7. The van der Waals surface area contributed by atoms with Crippen molar-refractivity contribution in [2.75, 3.05) is 27.2 Å². The quantitative estimate of drug-likeness (QED) is 0.0785. The largest absolute Gasteiger partial charge is 1.00 e. The van der Waals surface area contributed by atoms with E-state index in [2.05, 4.69) is 27.6 Å². The second-order valence-corrected chi connectivity index (χ2v) is 11.1. The molecule has 0 heterocycles. The lowest BCUT2D eigenvalue weighted by atomic mass is 10.0. The predicted molar refractivity (Wildman–Crippen MR) is 146 cm³/mol. The van der Waals surface area contributed by atoms with Gasteiger partial charge in [0.1, 0.15) is 0 Å². The Kier molecular flexibility index (Phi) is 27.1. The lowest BCUT2D eigenvalue weighted by Gasteiger charge is -2.30. The first-order valence-electron chi connectivity index (χ1n) is 14.6. The average Bonchev–Trinajstić information content (AvgIpc) is 2.77. The van der Waals surface area contributed by atoms with E-state index in [9.17, 15) is 4.79 Å². The number of rotatable bonds is 26. The molecule has 3 nitrogen and oxygen atoms in total. The van der Waals surface area contributed by atoms with Crippen molar-refractivity contribution < 1.29 is 31.4 Å². The van der Waals surface area contributed by atoms with E-state index in [-0.39, 0.29) is 17.0 Å². The fraction of sp³-hybridized carbons (Fsp3) is 0.900. The predicted octanol–water partition coefficient (Wildman–Crippen LogP) is 6.31. The van der Waals surface area contributed by atoms with Crippen molar-refractivity contribution in [2.45, 2.75) is 148 Å². The normalized spacial score (nSPS) is 11.4. The van der Waals surface area contributed by atoms with Crippen molar-refractivity contribution in [3.63, 3.8) is 0 Å². The Morgan fingerprint density at radius 3 is 1.21 bits per heavy atom. The minimum atomic E-state index is -0.852. The number of unbranched alkanes of at least 4 members (excludes halogenated alkanes) is 19. The molecule has 0 radical (unpaired) electrons. The van der Waals surface area contributed by atoms with Crippen LogP contribution in [0.3, 0.4) is 0 Å². The molecule has 0 amide bonds. The van der Waals surface area contributed by atoms with Crippen LogP contribution in [0.25, 0.3) is 0 Å². The van der Waals surface area contributed by atoms with Gasteiger partial charge in [-0.1, -0.05) is 129 Å². The van der Waals surface area contributed by atoms with E-state index in [4.69, 9.17) is 5.11 Å². The SMILES string of the molecule is C=C(CCC[N+](C)(C)CCCCCCCCCCCCCCCCCCCCCC)C(=O)O.[Br-]. The number of halogens is 1. The summed E-state index contributed by atoms with van der Waals surface area (Å²) in [6.45, 7) is 8.14. The molecule has 0 saturated carbocycles. The van der Waals surface area contributed by atoms with Crippen molar-refractivity contribution in [3.05, 3.63) is 12.2 Å². The zero-order chi connectivity index (χ0) is 24.6. The summed E-state index contributed by atoms with van der Waals surface area (Å²) in [6, 6.07) is 0. The molecule has 0 aromatic heterocycles. The van der Waals surface area contributed by atoms with Gasteiger partial charge in [-0.15, -0.1) is 0 Å². The number of quaternary nitrogens is 1. The highest BCUT2D eigenvalue weighted by molar-refractivity contribution is 5.85. The van der Waals surface area contributed by atoms with E-state index >= 15 is 0 Å². The zero-order valence-corrected chi connectivity index (χ0v) is 24.9. The summed E-state index contributed by atoms with van der Waals surface area (Å²) < 4.78 is 0.992. The summed E-state index contributed by atoms with van der Waals surface area (Å²) in [5.41, 5.74) is 0.341. The van der Waals surface area contributed by atoms with E-state index in [0.717, 1.165) is 17.4 Å². The van der Waals surface area contributed by atoms with Crippen molar-refractivity contribution >= 4 is 5.97 Å². The standard InChI is InChI=1S/C30H59NO2.BrH/c1-5-6-7-8-9-10-11-12-13-14-15-16-17-18-19-20-21-22-23-24-27-31(3,4)28-25-26-29(2)30(32)33;/h2,5-28H2,1,3-4H3;1H. The monoisotopic (exact) mass is 545 g/mol. The number of hydrogen-bond acceptors (Lipinski definition) is 1. The Balaban J connectivity index is 0. The summed E-state index contributed by atoms with van der Waals surface area (Å²) in [5.74, 6) is -0.852. The molecule has 4 heteroatoms. The van der Waals surface area contributed by atoms with Crippen LogP contribution >= 0.6 is 0 Å². The van der Waals surface area contributed by atoms with Gasteiger partial charge >= 0.3 is 5.97 Å². The first-order valence-corrected chi connectivity index (χ1v) is 14.6. The summed E-state index contributed by atoms with van der Waals surface area (Å²) in [4.78, 5) is 10.8. The van der Waals surface area contributed by atoms with E-state index in [0.29, 0.717) is 12.0 Å². The summed E-state index contributed by atoms with van der Waals surface area (Å²) in [6.07, 6.45) is 30.0. The highest BCUT2D eigenvalue weighted by Crippen LogP contribution is 2.15. The Labute approximate surface area is 224 Å². The van der Waals surface area contributed by atoms with Crippen LogP contribution in [0.4, 0.5) is 0 Å². The van der Waals surface area contributed by atoms with E-state index in [1.807, 2.05) is 0 Å². The molecule has 34 heavy (non-hydrogen) atoms. The van der Waals surface area contributed by atoms with Gasteiger partial charge < -0.3 is 26.6 Å². The van der Waals surface area contributed by atoms with E-state index < -0.39 is 5.97 Å². The van der Waals surface area contributed by atoms with E-state index in [1.165, 1.54) is 135 Å². The minimum absolute atomic E-state index is 0. The average molecular weight is 547 g/mol. The van der Waals surface area contributed by atoms with Crippen molar-refractivity contribution in [3.8, 4) is 0 Å². The molecule has 0 saturated heterocycles. The number of hydrogen-bond donors (Lipinski definition) is 1. The number of nitrogens with zero attached hydrogens (tertiary/aromatic N) is 1. The smallest absolute Gasteiger partial charge is 0.330 e. The molecule has 0 unspecified atom stereocenters. The molecule has 0 atom stereocenters. The van der Waals surface area contributed by atoms with Crippen LogP contribution in [0.2, 0.25) is 0 Å². The number of aliphatic carboxylic acids is 1. The van der Waals surface area contributed by atoms with Crippen molar-refractivity contribution in [1.29, 1.82) is 0 Å². The van der Waals surface area contributed by atoms with Crippen LogP contribution in [0.1, 0.15) is 148 Å². The van der Waals surface area contributed by atoms with Crippen molar-refractivity contribution in [2.24, 2.45) is 0 Å². The van der Waals surface area contributed by atoms with Crippen LogP contribution in [0.15, 0.2) is 12.2 Å². The fourth-order valence-electron chi connectivity index (χ4n) is 4.73. The topological polar surface area (TPSA) is 37.3 Å². The van der Waals surface area contributed by atoms with Crippen LogP contribution in [0, 0.1) is 0 Å². The van der Waals surface area contributed by atoms with Gasteiger partial charge in [0.15, 0.2) is 0 Å². The Morgan fingerprint density at radius 2 is 0.882 bits per heavy atom. The molecular formula is C30H60BrNO2. The molecule has 0 aliphatic carbocycles. The van der Waals surface area contributed by atoms with Gasteiger partial charge in [0.05, 0.1) is 27.2 Å². The highest BCUT2D eigenvalue weighted by Gasteiger charge is 2.15. The Hall–Kier alpha value is -0.350. The third kappa shape index (κ3) is 26.3. The maximum Gasteiger partial charge on any atom is 0.330 e. The molecule has 0 bridgehead atoms. The Bertz CT molecular complexity index is 465. The molecule has 0 spiro atoms. The molecule has 0 aliphatic rings. The number of carboxylic acid groups (broad SMARTS) is 1. The third-order valence-corrected chi connectivity index (χ3v) is 7.16. The Morgan fingerprint density at radius 1 is 0.588 bits per heavy atom. The number of carboxylic acids is 1. The van der Waals surface area contributed by atoms with Gasteiger partial charge in [-0.2, -0.15) is 0 Å². The second-order valence-electron chi connectivity index (χ2n) is 11.1. The minimum Gasteiger partial charge on any atom is -1.00 e. The maximum atomic E-state index is 10.8. The maximum absolute atomic E-state index is 10.8. The third-order valence-electron chi connectivity index (χ3n) is 7.16. The van der Waals surface area contributed by atoms with Crippen molar-refractivity contribution in [1.82, 2.24) is 0 Å². The molecule has 0 aliphatic heterocycles. The van der Waals surface area contributed by atoms with Gasteiger partial charge in [-0.05, 0) is 19.3 Å². The fourth-order valence-corrected chi connectivity index (χ4v) is 4.73. The molecule has 204 valence electrons. The zero-order valence-electron chi connectivity index (χ0n) is 23.4. The van der Waals surface area contributed by atoms with Gasteiger partial charge in [0, 0.05) is 12.0 Å². The summed E-state index contributed by atoms with van der Waals surface area (Å²) >= 11 is 0. The highest BCUT2D eigenvalue weighted by atomic mass is 79.9. The van der Waals surface area contributed by atoms with Crippen LogP contribution < -0.4 is 17.0 Å². The molecule has 0 fully saturated rings. The lowest BCUT2D eigenvalue weighted by molar-refractivity contribution is -0.890. The molecule has 0 aromatic rings. The summed E-state index contributed by atoms with van der Waals surface area (Å²) in [7, 11) is 4.53. The van der Waals surface area contributed by atoms with Gasteiger partial charge in [-0.3, -0.25) is 0 Å². The molecule has 1 N–H and O–H groups in total. The van der Waals surface area contributed by atoms with Gasteiger partial charge in [0.2, 0.25) is 0 Å². The lowest BCUT2D eigenvalue weighted by Crippen LogP contribution is -3.00. The first-order chi connectivity index (χ1) is 15.9. The van der Waals surface area contributed by atoms with Gasteiger partial charge in [0.25, 0.3) is 0 Å². The molecule has 0 rings (SSSR count). The number of carbonyl (C=O) groups is 1. The first kappa shape index (κ1) is 35.8. The van der Waals surface area contributed by atoms with Crippen LogP contribution in [0.5, 0.6) is 0 Å². The molecular weight excluding hydrogens is 486 g/mol. The summed E-state index contributed by atoms with van der Waals surface area (Å²) in [5, 5.41) is 8.89. The van der Waals surface area contributed by atoms with Crippen LogP contribution in [-0.2, 0) is 4.79 Å². The van der Waals surface area contributed by atoms with E-state index in [1.54, 1.807) is 0 Å². The molecule has 0 aromatic carbocycles. The van der Waals surface area contributed by atoms with Gasteiger partial charge in [-0.25, -0.2) is 4.79 Å². The van der Waals surface area contributed by atoms with Crippen LogP contribution in [-0.4, -0.2) is 42.7 Å².